The van der Waals surface area contributed by atoms with Gasteiger partial charge in [0.1, 0.15) is 5.69 Å². The van der Waals surface area contributed by atoms with Crippen molar-refractivity contribution in [3.05, 3.63) is 102 Å². The van der Waals surface area contributed by atoms with Gasteiger partial charge in [-0.2, -0.15) is 5.10 Å². The molecule has 8 heteroatoms. The van der Waals surface area contributed by atoms with Gasteiger partial charge in [-0.3, -0.25) is 4.79 Å². The lowest BCUT2D eigenvalue weighted by Crippen LogP contribution is -2.34. The van der Waals surface area contributed by atoms with E-state index in [4.69, 9.17) is 5.10 Å². The fraction of sp³-hybridized carbons (Fsp3) is 0.154. The van der Waals surface area contributed by atoms with Gasteiger partial charge in [0, 0.05) is 24.8 Å². The second-order valence-corrected chi connectivity index (χ2v) is 9.72. The molecule has 0 saturated carbocycles. The molecule has 3 aromatic carbocycles. The van der Waals surface area contributed by atoms with E-state index in [1.165, 1.54) is 0 Å². The summed E-state index contributed by atoms with van der Waals surface area (Å²) >= 11 is 0. The van der Waals surface area contributed by atoms with Crippen molar-refractivity contribution in [3.63, 3.8) is 0 Å². The molecule has 4 aromatic rings. The van der Waals surface area contributed by atoms with E-state index in [9.17, 15) is 13.2 Å². The number of carbonyl (C=O) groups is 1. The maximum absolute atomic E-state index is 13.1. The second-order valence-electron chi connectivity index (χ2n) is 7.95. The van der Waals surface area contributed by atoms with Crippen molar-refractivity contribution in [1.29, 1.82) is 0 Å². The number of para-hydroxylation sites is 1. The molecule has 34 heavy (non-hydrogen) atoms. The molecule has 174 valence electrons. The van der Waals surface area contributed by atoms with Crippen molar-refractivity contribution in [2.75, 3.05) is 13.1 Å². The summed E-state index contributed by atoms with van der Waals surface area (Å²) in [6.07, 6.45) is 1.70. The molecule has 4 rings (SSSR count). The van der Waals surface area contributed by atoms with Crippen LogP contribution in [0.5, 0.6) is 0 Å². The number of nitrogens with zero attached hydrogens (tertiary/aromatic N) is 2. The summed E-state index contributed by atoms with van der Waals surface area (Å²) in [4.78, 5) is 13.3. The highest BCUT2D eigenvalue weighted by Crippen LogP contribution is 2.26. The number of carbonyl (C=O) groups excluding carboxylic acids is 1. The number of nitrogens with one attached hydrogen (secondary N) is 2. The van der Waals surface area contributed by atoms with Crippen LogP contribution in [-0.4, -0.2) is 37.2 Å². The van der Waals surface area contributed by atoms with Crippen LogP contribution in [-0.2, 0) is 10.0 Å². The summed E-state index contributed by atoms with van der Waals surface area (Å²) in [5.41, 5.74) is 4.66. The number of hydrogen-bond donors (Lipinski definition) is 2. The van der Waals surface area contributed by atoms with Crippen molar-refractivity contribution in [3.8, 4) is 16.9 Å². The van der Waals surface area contributed by atoms with E-state index in [2.05, 4.69) is 10.0 Å². The van der Waals surface area contributed by atoms with Crippen molar-refractivity contribution in [2.24, 2.45) is 0 Å². The van der Waals surface area contributed by atoms with Gasteiger partial charge in [0.15, 0.2) is 0 Å². The van der Waals surface area contributed by atoms with Crippen LogP contribution in [0.25, 0.3) is 16.9 Å². The maximum atomic E-state index is 13.1. The molecule has 1 heterocycles. The zero-order valence-corrected chi connectivity index (χ0v) is 19.8. The molecule has 2 N–H and O–H groups in total. The van der Waals surface area contributed by atoms with Crippen molar-refractivity contribution >= 4 is 15.9 Å². The van der Waals surface area contributed by atoms with Crippen LogP contribution in [0, 0.1) is 13.8 Å². The van der Waals surface area contributed by atoms with Crippen molar-refractivity contribution in [2.45, 2.75) is 18.7 Å². The monoisotopic (exact) mass is 474 g/mol. The van der Waals surface area contributed by atoms with E-state index in [0.717, 1.165) is 22.4 Å². The lowest BCUT2D eigenvalue weighted by molar-refractivity contribution is 0.0955. The first-order chi connectivity index (χ1) is 16.3. The molecule has 0 bridgehead atoms. The van der Waals surface area contributed by atoms with Crippen LogP contribution in [0.1, 0.15) is 21.5 Å². The van der Waals surface area contributed by atoms with Crippen LogP contribution in [0.2, 0.25) is 0 Å². The van der Waals surface area contributed by atoms with E-state index in [0.29, 0.717) is 11.3 Å². The van der Waals surface area contributed by atoms with E-state index in [-0.39, 0.29) is 23.9 Å². The molecule has 1 aromatic heterocycles. The van der Waals surface area contributed by atoms with Crippen molar-refractivity contribution < 1.29 is 13.2 Å². The standard InChI is InChI=1S/C26H26N4O3S/c1-19-12-14-22(15-13-19)34(32,33)28-17-16-27-26(31)24-18-30(21-9-4-3-5-10-21)29-25(24)23-11-7-6-8-20(23)2/h3-15,18,28H,16-17H2,1-2H3,(H,27,31). The Labute approximate surface area is 199 Å². The van der Waals surface area contributed by atoms with Crippen LogP contribution >= 0.6 is 0 Å². The first kappa shape index (κ1) is 23.4. The fourth-order valence-corrected chi connectivity index (χ4v) is 4.58. The topological polar surface area (TPSA) is 93.1 Å². The Hall–Kier alpha value is -3.75. The van der Waals surface area contributed by atoms with E-state index < -0.39 is 10.0 Å². The Morgan fingerprint density at radius 2 is 1.56 bits per heavy atom. The van der Waals surface area contributed by atoms with E-state index in [1.54, 1.807) is 35.1 Å². The quantitative estimate of drug-likeness (QED) is 0.379. The summed E-state index contributed by atoms with van der Waals surface area (Å²) < 4.78 is 29.1. The van der Waals surface area contributed by atoms with Gasteiger partial charge >= 0.3 is 0 Å². The number of hydrogen-bond acceptors (Lipinski definition) is 4. The smallest absolute Gasteiger partial charge is 0.255 e. The number of sulfonamides is 1. The highest BCUT2D eigenvalue weighted by atomic mass is 32.2. The fourth-order valence-electron chi connectivity index (χ4n) is 3.55. The van der Waals surface area contributed by atoms with Gasteiger partial charge in [-0.05, 0) is 43.7 Å². The molecule has 0 spiro atoms. The Kier molecular flexibility index (Phi) is 6.90. The molecule has 0 aliphatic heterocycles. The Balaban J connectivity index is 1.50. The minimum atomic E-state index is -3.65. The van der Waals surface area contributed by atoms with Gasteiger partial charge in [0.2, 0.25) is 10.0 Å². The molecule has 7 nitrogen and oxygen atoms in total. The summed E-state index contributed by atoms with van der Waals surface area (Å²) in [7, 11) is -3.65. The number of benzene rings is 3. The first-order valence-electron chi connectivity index (χ1n) is 10.9. The molecule has 1 amide bonds. The Morgan fingerprint density at radius 3 is 2.26 bits per heavy atom. The van der Waals surface area contributed by atoms with Gasteiger partial charge in [-0.25, -0.2) is 17.8 Å². The predicted octanol–water partition coefficient (Wildman–Crippen LogP) is 3.86. The van der Waals surface area contributed by atoms with Crippen LogP contribution in [0.3, 0.4) is 0 Å². The number of aryl methyl sites for hydroxylation is 2. The predicted molar refractivity (Wildman–Crippen MR) is 132 cm³/mol. The highest BCUT2D eigenvalue weighted by molar-refractivity contribution is 7.89. The SMILES string of the molecule is Cc1ccc(S(=O)(=O)NCCNC(=O)c2cn(-c3ccccc3)nc2-c2ccccc2C)cc1. The van der Waals surface area contributed by atoms with Crippen molar-refractivity contribution in [1.82, 2.24) is 19.8 Å². The first-order valence-corrected chi connectivity index (χ1v) is 12.4. The number of aromatic nitrogens is 2. The normalized spacial score (nSPS) is 11.4. The van der Waals surface area contributed by atoms with Crippen LogP contribution in [0.4, 0.5) is 0 Å². The zero-order valence-electron chi connectivity index (χ0n) is 19.0. The minimum Gasteiger partial charge on any atom is -0.351 e. The third-order valence-corrected chi connectivity index (χ3v) is 6.89. The summed E-state index contributed by atoms with van der Waals surface area (Å²) in [5, 5.41) is 7.50. The molecule has 0 saturated heterocycles. The number of amides is 1. The molecular formula is C26H26N4O3S. The maximum Gasteiger partial charge on any atom is 0.255 e. The summed E-state index contributed by atoms with van der Waals surface area (Å²) in [6, 6.07) is 23.9. The third kappa shape index (κ3) is 5.24. The van der Waals surface area contributed by atoms with Gasteiger partial charge in [0.25, 0.3) is 5.91 Å². The second kappa shape index (κ2) is 10.0. The third-order valence-electron chi connectivity index (χ3n) is 5.41. The largest absolute Gasteiger partial charge is 0.351 e. The molecule has 0 atom stereocenters. The highest BCUT2D eigenvalue weighted by Gasteiger charge is 2.20. The minimum absolute atomic E-state index is 0.0640. The van der Waals surface area contributed by atoms with Gasteiger partial charge in [-0.1, -0.05) is 60.2 Å². The summed E-state index contributed by atoms with van der Waals surface area (Å²) in [5.74, 6) is -0.324. The zero-order chi connectivity index (χ0) is 24.1. The lowest BCUT2D eigenvalue weighted by Gasteiger charge is -2.09. The van der Waals surface area contributed by atoms with E-state index >= 15 is 0 Å². The molecule has 0 radical (unpaired) electrons. The lowest BCUT2D eigenvalue weighted by atomic mass is 10.0. The average molecular weight is 475 g/mol. The van der Waals surface area contributed by atoms with E-state index in [1.807, 2.05) is 68.4 Å². The molecule has 0 aliphatic carbocycles. The Morgan fingerprint density at radius 1 is 0.882 bits per heavy atom. The van der Waals surface area contributed by atoms with Crippen LogP contribution < -0.4 is 10.0 Å². The van der Waals surface area contributed by atoms with Gasteiger partial charge in [-0.15, -0.1) is 0 Å². The average Bonchev–Trinajstić information content (AvgIpc) is 3.28. The van der Waals surface area contributed by atoms with Gasteiger partial charge < -0.3 is 5.32 Å². The van der Waals surface area contributed by atoms with Crippen LogP contribution in [0.15, 0.2) is 90.0 Å². The molecule has 0 fully saturated rings. The molecule has 0 aliphatic rings. The molecular weight excluding hydrogens is 448 g/mol. The Bertz CT molecular complexity index is 1400. The number of rotatable bonds is 8. The summed E-state index contributed by atoms with van der Waals surface area (Å²) in [6.45, 7) is 4.06. The molecule has 0 unspecified atom stereocenters. The van der Waals surface area contributed by atoms with Gasteiger partial charge in [0.05, 0.1) is 16.1 Å².